The molecule has 2 N–H and O–H groups in total. The summed E-state index contributed by atoms with van der Waals surface area (Å²) in [6, 6.07) is 2.47. The Morgan fingerprint density at radius 2 is 2.08 bits per heavy atom. The lowest BCUT2D eigenvalue weighted by Gasteiger charge is -2.16. The SMILES string of the molecule is CN(CCC(=O)O)C(=O)NCCc1ccc(OCC(F)(F)F)nc1. The molecule has 2 amide bonds. The van der Waals surface area contributed by atoms with Crippen LogP contribution in [-0.4, -0.2) is 59.9 Å². The summed E-state index contributed by atoms with van der Waals surface area (Å²) in [6.07, 6.45) is -2.78. The van der Waals surface area contributed by atoms with Crippen LogP contribution < -0.4 is 10.1 Å². The van der Waals surface area contributed by atoms with Gasteiger partial charge in [-0.15, -0.1) is 0 Å². The van der Waals surface area contributed by atoms with E-state index < -0.39 is 24.8 Å². The minimum absolute atomic E-state index is 0.0912. The van der Waals surface area contributed by atoms with Gasteiger partial charge < -0.3 is 20.1 Å². The number of ether oxygens (including phenoxy) is 1. The first-order valence-electron chi connectivity index (χ1n) is 7.02. The lowest BCUT2D eigenvalue weighted by molar-refractivity contribution is -0.154. The van der Waals surface area contributed by atoms with Gasteiger partial charge in [-0.05, 0) is 12.0 Å². The molecule has 0 unspecified atom stereocenters. The van der Waals surface area contributed by atoms with Crippen LogP contribution in [0.3, 0.4) is 0 Å². The zero-order chi connectivity index (χ0) is 18.2. The third kappa shape index (κ3) is 8.20. The quantitative estimate of drug-likeness (QED) is 0.745. The number of halogens is 3. The standard InChI is InChI=1S/C14H18F3N3O4/c1-20(7-5-12(21)22)13(23)18-6-4-10-2-3-11(19-8-10)24-9-14(15,16)17/h2-3,8H,4-7,9H2,1H3,(H,18,23)(H,21,22). The molecule has 1 heterocycles. The first kappa shape index (κ1) is 19.5. The summed E-state index contributed by atoms with van der Waals surface area (Å²) in [5.74, 6) is -1.12. The Kier molecular flexibility index (Phi) is 7.28. The Hall–Kier alpha value is -2.52. The fourth-order valence-electron chi connectivity index (χ4n) is 1.61. The number of nitrogens with one attached hydrogen (secondary N) is 1. The van der Waals surface area contributed by atoms with Gasteiger partial charge in [0.1, 0.15) is 0 Å². The van der Waals surface area contributed by atoms with Crippen LogP contribution in [0.15, 0.2) is 18.3 Å². The number of hydrogen-bond acceptors (Lipinski definition) is 4. The van der Waals surface area contributed by atoms with Crippen molar-refractivity contribution in [1.29, 1.82) is 0 Å². The number of rotatable bonds is 8. The van der Waals surface area contributed by atoms with E-state index in [1.165, 1.54) is 24.2 Å². The minimum atomic E-state index is -4.42. The average Bonchev–Trinajstić information content (AvgIpc) is 2.50. The summed E-state index contributed by atoms with van der Waals surface area (Å²) >= 11 is 0. The van der Waals surface area contributed by atoms with Crippen LogP contribution >= 0.6 is 0 Å². The molecule has 0 bridgehead atoms. The summed E-state index contributed by atoms with van der Waals surface area (Å²) in [5.41, 5.74) is 0.711. The molecule has 1 aromatic heterocycles. The van der Waals surface area contributed by atoms with Gasteiger partial charge in [-0.3, -0.25) is 4.79 Å². The highest BCUT2D eigenvalue weighted by Gasteiger charge is 2.28. The van der Waals surface area contributed by atoms with Crippen molar-refractivity contribution in [1.82, 2.24) is 15.2 Å². The van der Waals surface area contributed by atoms with Crippen molar-refractivity contribution >= 4 is 12.0 Å². The lowest BCUT2D eigenvalue weighted by atomic mass is 10.2. The average molecular weight is 349 g/mol. The van der Waals surface area contributed by atoms with Crippen molar-refractivity contribution in [3.05, 3.63) is 23.9 Å². The number of nitrogens with zero attached hydrogens (tertiary/aromatic N) is 2. The van der Waals surface area contributed by atoms with E-state index in [2.05, 4.69) is 15.0 Å². The maximum Gasteiger partial charge on any atom is 0.422 e. The maximum absolute atomic E-state index is 12.0. The van der Waals surface area contributed by atoms with E-state index in [0.717, 1.165) is 0 Å². The molecule has 0 saturated carbocycles. The van der Waals surface area contributed by atoms with E-state index in [-0.39, 0.29) is 25.4 Å². The van der Waals surface area contributed by atoms with Gasteiger partial charge in [-0.25, -0.2) is 9.78 Å². The summed E-state index contributed by atoms with van der Waals surface area (Å²) in [4.78, 5) is 27.1. The molecule has 0 aromatic carbocycles. The van der Waals surface area contributed by atoms with Crippen LogP contribution in [0.2, 0.25) is 0 Å². The third-order valence-corrected chi connectivity index (χ3v) is 2.88. The zero-order valence-corrected chi connectivity index (χ0v) is 13.0. The number of aliphatic carboxylic acids is 1. The van der Waals surface area contributed by atoms with E-state index in [4.69, 9.17) is 5.11 Å². The highest BCUT2D eigenvalue weighted by atomic mass is 19.4. The highest BCUT2D eigenvalue weighted by molar-refractivity contribution is 5.74. The van der Waals surface area contributed by atoms with E-state index >= 15 is 0 Å². The van der Waals surface area contributed by atoms with Crippen LogP contribution in [0.1, 0.15) is 12.0 Å². The Bertz CT molecular complexity index is 549. The maximum atomic E-state index is 12.0. The van der Waals surface area contributed by atoms with E-state index in [1.54, 1.807) is 6.07 Å². The fraction of sp³-hybridized carbons (Fsp3) is 0.500. The lowest BCUT2D eigenvalue weighted by Crippen LogP contribution is -2.39. The van der Waals surface area contributed by atoms with Crippen LogP contribution in [0.25, 0.3) is 0 Å². The molecule has 0 aliphatic carbocycles. The summed E-state index contributed by atoms with van der Waals surface area (Å²) < 4.78 is 40.5. The van der Waals surface area contributed by atoms with Crippen LogP contribution in [0, 0.1) is 0 Å². The van der Waals surface area contributed by atoms with Crippen molar-refractivity contribution in [3.63, 3.8) is 0 Å². The number of carbonyl (C=O) groups is 2. The largest absolute Gasteiger partial charge is 0.481 e. The van der Waals surface area contributed by atoms with E-state index in [1.807, 2.05) is 0 Å². The first-order chi connectivity index (χ1) is 11.2. The first-order valence-corrected chi connectivity index (χ1v) is 7.02. The molecule has 1 aromatic rings. The monoisotopic (exact) mass is 349 g/mol. The molecule has 0 spiro atoms. The number of carboxylic acids is 1. The predicted octanol–water partition coefficient (Wildman–Crippen LogP) is 1.68. The van der Waals surface area contributed by atoms with Crippen molar-refractivity contribution in [2.75, 3.05) is 26.7 Å². The van der Waals surface area contributed by atoms with Crippen molar-refractivity contribution < 1.29 is 32.6 Å². The number of hydrogen-bond donors (Lipinski definition) is 2. The molecule has 7 nitrogen and oxygen atoms in total. The van der Waals surface area contributed by atoms with E-state index in [0.29, 0.717) is 12.0 Å². The molecule has 0 radical (unpaired) electrons. The molecular weight excluding hydrogens is 331 g/mol. The number of carbonyl (C=O) groups excluding carboxylic acids is 1. The topological polar surface area (TPSA) is 91.8 Å². The second-order valence-electron chi connectivity index (χ2n) is 4.96. The van der Waals surface area contributed by atoms with Crippen molar-refractivity contribution in [2.24, 2.45) is 0 Å². The predicted molar refractivity (Wildman–Crippen MR) is 77.8 cm³/mol. The van der Waals surface area contributed by atoms with Gasteiger partial charge >= 0.3 is 18.2 Å². The number of urea groups is 1. The summed E-state index contributed by atoms with van der Waals surface area (Å²) in [7, 11) is 1.48. The van der Waals surface area contributed by atoms with Crippen LogP contribution in [0.5, 0.6) is 5.88 Å². The Labute approximate surface area is 136 Å². The number of aromatic nitrogens is 1. The fourth-order valence-corrected chi connectivity index (χ4v) is 1.61. The molecule has 24 heavy (non-hydrogen) atoms. The Morgan fingerprint density at radius 1 is 1.38 bits per heavy atom. The molecule has 0 aliphatic heterocycles. The number of pyridine rings is 1. The molecular formula is C14H18F3N3O4. The van der Waals surface area contributed by atoms with E-state index in [9.17, 15) is 22.8 Å². The zero-order valence-electron chi connectivity index (χ0n) is 13.0. The Morgan fingerprint density at radius 3 is 2.62 bits per heavy atom. The van der Waals surface area contributed by atoms with Gasteiger partial charge in [0.25, 0.3) is 0 Å². The summed E-state index contributed by atoms with van der Waals surface area (Å²) in [6.45, 7) is -1.03. The number of amides is 2. The smallest absolute Gasteiger partial charge is 0.422 e. The molecule has 0 fully saturated rings. The van der Waals surface area contributed by atoms with Crippen LogP contribution in [0.4, 0.5) is 18.0 Å². The number of alkyl halides is 3. The molecule has 1 rings (SSSR count). The molecule has 0 atom stereocenters. The second kappa shape index (κ2) is 8.94. The van der Waals surface area contributed by atoms with Gasteiger partial charge in [0.05, 0.1) is 6.42 Å². The second-order valence-corrected chi connectivity index (χ2v) is 4.96. The Balaban J connectivity index is 2.32. The molecule has 0 saturated heterocycles. The van der Waals surface area contributed by atoms with Gasteiger partial charge in [-0.1, -0.05) is 6.07 Å². The molecule has 134 valence electrons. The van der Waals surface area contributed by atoms with Gasteiger partial charge in [0, 0.05) is 32.4 Å². The van der Waals surface area contributed by atoms with Crippen molar-refractivity contribution in [2.45, 2.75) is 19.0 Å². The third-order valence-electron chi connectivity index (χ3n) is 2.88. The minimum Gasteiger partial charge on any atom is -0.481 e. The summed E-state index contributed by atoms with van der Waals surface area (Å²) in [5, 5.41) is 11.1. The normalized spacial score (nSPS) is 11.0. The number of carboxylic acid groups (broad SMARTS) is 1. The molecule has 10 heteroatoms. The molecule has 0 aliphatic rings. The van der Waals surface area contributed by atoms with Crippen LogP contribution in [-0.2, 0) is 11.2 Å². The van der Waals surface area contributed by atoms with Gasteiger partial charge in [0.2, 0.25) is 5.88 Å². The van der Waals surface area contributed by atoms with Gasteiger partial charge in [-0.2, -0.15) is 13.2 Å². The van der Waals surface area contributed by atoms with Crippen molar-refractivity contribution in [3.8, 4) is 5.88 Å². The van der Waals surface area contributed by atoms with Gasteiger partial charge in [0.15, 0.2) is 6.61 Å². The highest BCUT2D eigenvalue weighted by Crippen LogP contribution is 2.17.